The predicted octanol–water partition coefficient (Wildman–Crippen LogP) is 2.19. The molecule has 0 spiro atoms. The number of hydrogen-bond acceptors (Lipinski definition) is 3. The Morgan fingerprint density at radius 3 is 2.60 bits per heavy atom. The van der Waals surface area contributed by atoms with Gasteiger partial charge in [-0.05, 0) is 18.8 Å². The van der Waals surface area contributed by atoms with Gasteiger partial charge in [-0.25, -0.2) is 0 Å². The van der Waals surface area contributed by atoms with E-state index in [2.05, 4.69) is 13.8 Å². The number of ether oxygens (including phenoxy) is 2. The third kappa shape index (κ3) is 3.92. The van der Waals surface area contributed by atoms with E-state index in [0.717, 1.165) is 19.4 Å². The highest BCUT2D eigenvalue weighted by molar-refractivity contribution is 5.90. The van der Waals surface area contributed by atoms with Gasteiger partial charge in [-0.3, -0.25) is 4.79 Å². The molecular formula is C12H22O3. The molecule has 0 N–H and O–H groups in total. The lowest BCUT2D eigenvalue weighted by atomic mass is 9.90. The van der Waals surface area contributed by atoms with Crippen LogP contribution in [0.25, 0.3) is 0 Å². The Bertz CT molecular complexity index is 201. The summed E-state index contributed by atoms with van der Waals surface area (Å²) in [5.74, 6) is 0.841. The van der Waals surface area contributed by atoms with E-state index in [1.54, 1.807) is 0 Å². The van der Waals surface area contributed by atoms with Crippen LogP contribution in [0.2, 0.25) is 0 Å². The van der Waals surface area contributed by atoms with Crippen LogP contribution in [0.4, 0.5) is 0 Å². The van der Waals surface area contributed by atoms with Crippen LogP contribution in [-0.4, -0.2) is 31.2 Å². The van der Waals surface area contributed by atoms with Crippen LogP contribution in [0, 0.1) is 5.92 Å². The molecule has 1 aliphatic rings. The largest absolute Gasteiger partial charge is 0.375 e. The van der Waals surface area contributed by atoms with Crippen LogP contribution in [0.15, 0.2) is 0 Å². The van der Waals surface area contributed by atoms with E-state index >= 15 is 0 Å². The van der Waals surface area contributed by atoms with E-state index in [-0.39, 0.29) is 18.0 Å². The summed E-state index contributed by atoms with van der Waals surface area (Å²) in [6, 6.07) is 0. The molecule has 0 aromatic rings. The molecule has 0 amide bonds. The Morgan fingerprint density at radius 1 is 1.33 bits per heavy atom. The van der Waals surface area contributed by atoms with Gasteiger partial charge in [-0.2, -0.15) is 0 Å². The van der Waals surface area contributed by atoms with Gasteiger partial charge in [0.2, 0.25) is 0 Å². The lowest BCUT2D eigenvalue weighted by Gasteiger charge is -2.34. The molecule has 0 radical (unpaired) electrons. The van der Waals surface area contributed by atoms with E-state index in [4.69, 9.17) is 9.47 Å². The summed E-state index contributed by atoms with van der Waals surface area (Å²) in [7, 11) is 0. The number of rotatable bonds is 7. The molecule has 2 atom stereocenters. The van der Waals surface area contributed by atoms with E-state index in [0.29, 0.717) is 18.9 Å². The van der Waals surface area contributed by atoms with Crippen molar-refractivity contribution in [3.05, 3.63) is 0 Å². The van der Waals surface area contributed by atoms with Gasteiger partial charge < -0.3 is 9.47 Å². The van der Waals surface area contributed by atoms with Crippen LogP contribution >= 0.6 is 0 Å². The molecule has 3 heteroatoms. The minimum Gasteiger partial charge on any atom is -0.375 e. The second-order valence-corrected chi connectivity index (χ2v) is 4.55. The third-order valence-corrected chi connectivity index (χ3v) is 2.59. The Labute approximate surface area is 92.1 Å². The third-order valence-electron chi connectivity index (χ3n) is 2.59. The topological polar surface area (TPSA) is 35.5 Å². The monoisotopic (exact) mass is 214 g/mol. The molecule has 1 rings (SSSR count). The molecule has 1 saturated carbocycles. The second kappa shape index (κ2) is 6.23. The van der Waals surface area contributed by atoms with Gasteiger partial charge in [-0.1, -0.05) is 20.8 Å². The molecule has 0 aromatic carbocycles. The molecular weight excluding hydrogens is 192 g/mol. The average molecular weight is 214 g/mol. The molecule has 1 fully saturated rings. The van der Waals surface area contributed by atoms with Crippen molar-refractivity contribution < 1.29 is 14.3 Å². The van der Waals surface area contributed by atoms with E-state index < -0.39 is 0 Å². The molecule has 88 valence electrons. The zero-order valence-corrected chi connectivity index (χ0v) is 9.99. The normalized spacial score (nSPS) is 25.7. The standard InChI is InChI=1S/C12H22O3/c1-4-6-15-12-10(13)8-11(12)14-7-5-9(2)3/h9,11-12H,4-8H2,1-3H3. The van der Waals surface area contributed by atoms with Crippen LogP contribution < -0.4 is 0 Å². The summed E-state index contributed by atoms with van der Waals surface area (Å²) in [4.78, 5) is 11.2. The predicted molar refractivity (Wildman–Crippen MR) is 58.9 cm³/mol. The van der Waals surface area contributed by atoms with Crippen molar-refractivity contribution in [1.82, 2.24) is 0 Å². The Morgan fingerprint density at radius 2 is 2.07 bits per heavy atom. The molecule has 0 saturated heterocycles. The van der Waals surface area contributed by atoms with Crippen molar-refractivity contribution in [2.45, 2.75) is 52.2 Å². The van der Waals surface area contributed by atoms with Crippen molar-refractivity contribution in [1.29, 1.82) is 0 Å². The summed E-state index contributed by atoms with van der Waals surface area (Å²) in [6.07, 6.45) is 2.26. The van der Waals surface area contributed by atoms with Gasteiger partial charge in [0, 0.05) is 19.6 Å². The van der Waals surface area contributed by atoms with Crippen LogP contribution in [0.1, 0.15) is 40.0 Å². The van der Waals surface area contributed by atoms with Crippen LogP contribution in [-0.2, 0) is 14.3 Å². The first-order valence-corrected chi connectivity index (χ1v) is 5.91. The lowest BCUT2D eigenvalue weighted by molar-refractivity contribution is -0.166. The minimum atomic E-state index is -0.280. The smallest absolute Gasteiger partial charge is 0.166 e. The zero-order valence-electron chi connectivity index (χ0n) is 9.99. The summed E-state index contributed by atoms with van der Waals surface area (Å²) in [5, 5.41) is 0. The fourth-order valence-electron chi connectivity index (χ4n) is 1.51. The first-order valence-electron chi connectivity index (χ1n) is 5.91. The highest BCUT2D eigenvalue weighted by Crippen LogP contribution is 2.23. The van der Waals surface area contributed by atoms with Gasteiger partial charge in [0.05, 0.1) is 6.10 Å². The van der Waals surface area contributed by atoms with Crippen molar-refractivity contribution in [3.63, 3.8) is 0 Å². The zero-order chi connectivity index (χ0) is 11.3. The number of carbonyl (C=O) groups is 1. The molecule has 1 aliphatic carbocycles. The van der Waals surface area contributed by atoms with Gasteiger partial charge >= 0.3 is 0 Å². The minimum absolute atomic E-state index is 0.0165. The maximum absolute atomic E-state index is 11.2. The Balaban J connectivity index is 2.16. The number of Topliss-reactive ketones (excluding diaryl/α,β-unsaturated/α-hetero) is 1. The first-order chi connectivity index (χ1) is 7.15. The second-order valence-electron chi connectivity index (χ2n) is 4.55. The fourth-order valence-corrected chi connectivity index (χ4v) is 1.51. The summed E-state index contributed by atoms with van der Waals surface area (Å²) >= 11 is 0. The Hall–Kier alpha value is -0.410. The number of ketones is 1. The molecule has 2 unspecified atom stereocenters. The van der Waals surface area contributed by atoms with Crippen LogP contribution in [0.3, 0.4) is 0 Å². The van der Waals surface area contributed by atoms with E-state index in [1.165, 1.54) is 0 Å². The summed E-state index contributed by atoms with van der Waals surface area (Å²) in [6.45, 7) is 7.76. The van der Waals surface area contributed by atoms with Gasteiger partial charge in [0.15, 0.2) is 5.78 Å². The quantitative estimate of drug-likeness (QED) is 0.651. The van der Waals surface area contributed by atoms with E-state index in [1.807, 2.05) is 6.92 Å². The maximum atomic E-state index is 11.2. The lowest BCUT2D eigenvalue weighted by Crippen LogP contribution is -2.50. The van der Waals surface area contributed by atoms with E-state index in [9.17, 15) is 4.79 Å². The van der Waals surface area contributed by atoms with Crippen molar-refractivity contribution in [3.8, 4) is 0 Å². The van der Waals surface area contributed by atoms with Gasteiger partial charge in [0.1, 0.15) is 6.10 Å². The first kappa shape index (κ1) is 12.7. The molecule has 0 heterocycles. The summed E-state index contributed by atoms with van der Waals surface area (Å²) in [5.41, 5.74) is 0. The molecule has 0 bridgehead atoms. The average Bonchev–Trinajstić information content (AvgIpc) is 2.16. The van der Waals surface area contributed by atoms with Crippen molar-refractivity contribution in [2.24, 2.45) is 5.92 Å². The molecule has 0 aromatic heterocycles. The highest BCUT2D eigenvalue weighted by atomic mass is 16.5. The number of hydrogen-bond donors (Lipinski definition) is 0. The highest BCUT2D eigenvalue weighted by Gasteiger charge is 2.41. The Kier molecular flexibility index (Phi) is 5.26. The SMILES string of the molecule is CCCOC1C(=O)CC1OCCC(C)C. The number of carbonyl (C=O) groups excluding carboxylic acids is 1. The van der Waals surface area contributed by atoms with Crippen molar-refractivity contribution >= 4 is 5.78 Å². The van der Waals surface area contributed by atoms with Crippen molar-refractivity contribution in [2.75, 3.05) is 13.2 Å². The van der Waals surface area contributed by atoms with Gasteiger partial charge in [-0.15, -0.1) is 0 Å². The molecule has 3 nitrogen and oxygen atoms in total. The fraction of sp³-hybridized carbons (Fsp3) is 0.917. The van der Waals surface area contributed by atoms with Crippen LogP contribution in [0.5, 0.6) is 0 Å². The van der Waals surface area contributed by atoms with Gasteiger partial charge in [0.25, 0.3) is 0 Å². The summed E-state index contributed by atoms with van der Waals surface area (Å²) < 4.78 is 11.1. The molecule has 15 heavy (non-hydrogen) atoms. The molecule has 0 aliphatic heterocycles. The maximum Gasteiger partial charge on any atom is 0.166 e.